The fraction of sp³-hybridized carbons (Fsp3) is 0.700. The first-order valence-corrected chi connectivity index (χ1v) is 6.60. The number of aryl methyl sites for hydroxylation is 1. The molecular formula is C10H15IN2O. The number of aromatic nitrogens is 2. The number of rotatable bonds is 3. The Kier molecular flexibility index (Phi) is 3.43. The zero-order valence-electron chi connectivity index (χ0n) is 8.32. The number of halogens is 1. The van der Waals surface area contributed by atoms with Gasteiger partial charge in [-0.15, -0.1) is 0 Å². The van der Waals surface area contributed by atoms with Gasteiger partial charge in [-0.1, -0.05) is 22.6 Å². The summed E-state index contributed by atoms with van der Waals surface area (Å²) >= 11 is 2.38. The van der Waals surface area contributed by atoms with Crippen molar-refractivity contribution >= 4 is 22.6 Å². The Bertz CT molecular complexity index is 300. The van der Waals surface area contributed by atoms with Gasteiger partial charge in [0.05, 0.1) is 6.10 Å². The molecule has 1 aromatic heterocycles. The maximum atomic E-state index is 5.91. The fourth-order valence-corrected chi connectivity index (χ4v) is 2.53. The van der Waals surface area contributed by atoms with Crippen LogP contribution in [0.4, 0.5) is 0 Å². The van der Waals surface area contributed by atoms with Crippen LogP contribution < -0.4 is 0 Å². The summed E-state index contributed by atoms with van der Waals surface area (Å²) in [4.78, 5) is 4.37. The van der Waals surface area contributed by atoms with E-state index in [1.165, 1.54) is 6.42 Å². The molecule has 0 saturated carbocycles. The Balaban J connectivity index is 2.09. The average Bonchev–Trinajstić information content (AvgIpc) is 2.85. The third-order valence-corrected chi connectivity index (χ3v) is 3.64. The van der Waals surface area contributed by atoms with E-state index in [9.17, 15) is 0 Å². The lowest BCUT2D eigenvalue weighted by molar-refractivity contribution is 0.0523. The van der Waals surface area contributed by atoms with Crippen molar-refractivity contribution in [2.24, 2.45) is 0 Å². The molecule has 0 aliphatic carbocycles. The Morgan fingerprint density at radius 1 is 1.64 bits per heavy atom. The summed E-state index contributed by atoms with van der Waals surface area (Å²) in [5.41, 5.74) is 0. The van der Waals surface area contributed by atoms with Crippen molar-refractivity contribution in [2.45, 2.75) is 38.5 Å². The molecule has 1 fully saturated rings. The predicted molar refractivity (Wildman–Crippen MR) is 63.6 cm³/mol. The van der Waals surface area contributed by atoms with Crippen LogP contribution in [0, 0.1) is 0 Å². The summed E-state index contributed by atoms with van der Waals surface area (Å²) in [6, 6.07) is 0. The second kappa shape index (κ2) is 4.61. The Labute approximate surface area is 98.0 Å². The molecule has 4 heteroatoms. The van der Waals surface area contributed by atoms with Crippen molar-refractivity contribution < 1.29 is 4.74 Å². The highest BCUT2D eigenvalue weighted by Gasteiger charge is 2.28. The van der Waals surface area contributed by atoms with Gasteiger partial charge in [0.15, 0.2) is 0 Å². The van der Waals surface area contributed by atoms with Gasteiger partial charge in [0, 0.05) is 23.4 Å². The van der Waals surface area contributed by atoms with Crippen LogP contribution in [0.15, 0.2) is 12.4 Å². The number of alkyl halides is 1. The van der Waals surface area contributed by atoms with Crippen LogP contribution >= 0.6 is 22.6 Å². The van der Waals surface area contributed by atoms with Gasteiger partial charge in [0.1, 0.15) is 11.9 Å². The normalized spacial score (nSPS) is 27.0. The summed E-state index contributed by atoms with van der Waals surface area (Å²) < 4.78 is 9.16. The zero-order chi connectivity index (χ0) is 9.97. The van der Waals surface area contributed by atoms with Crippen molar-refractivity contribution in [2.75, 3.05) is 4.43 Å². The molecule has 1 aliphatic rings. The third kappa shape index (κ3) is 1.95. The molecule has 78 valence electrons. The van der Waals surface area contributed by atoms with Crippen LogP contribution in [-0.2, 0) is 11.3 Å². The van der Waals surface area contributed by atoms with Gasteiger partial charge in [0.2, 0.25) is 0 Å². The van der Waals surface area contributed by atoms with E-state index in [2.05, 4.69) is 39.1 Å². The molecule has 1 aliphatic heterocycles. The summed E-state index contributed by atoms with van der Waals surface area (Å²) in [6.45, 7) is 3.11. The number of nitrogens with zero attached hydrogens (tertiary/aromatic N) is 2. The molecule has 2 unspecified atom stereocenters. The molecule has 0 spiro atoms. The molecule has 3 nitrogen and oxygen atoms in total. The van der Waals surface area contributed by atoms with Crippen molar-refractivity contribution in [1.29, 1.82) is 0 Å². The lowest BCUT2D eigenvalue weighted by Crippen LogP contribution is -2.11. The quantitative estimate of drug-likeness (QED) is 0.634. The molecule has 1 saturated heterocycles. The minimum atomic E-state index is 0.227. The molecule has 2 heterocycles. The van der Waals surface area contributed by atoms with Crippen LogP contribution in [0.3, 0.4) is 0 Å². The summed E-state index contributed by atoms with van der Waals surface area (Å²) in [5, 5.41) is 0. The Morgan fingerprint density at radius 2 is 2.50 bits per heavy atom. The van der Waals surface area contributed by atoms with Crippen LogP contribution in [0.5, 0.6) is 0 Å². The minimum Gasteiger partial charge on any atom is -0.366 e. The lowest BCUT2D eigenvalue weighted by Gasteiger charge is -2.12. The number of ether oxygens (including phenoxy) is 1. The van der Waals surface area contributed by atoms with Crippen molar-refractivity contribution in [3.63, 3.8) is 0 Å². The highest BCUT2D eigenvalue weighted by Crippen LogP contribution is 2.32. The van der Waals surface area contributed by atoms with Gasteiger partial charge in [-0.3, -0.25) is 0 Å². The SMILES string of the molecule is CCn1ccnc1C1CCC(CI)O1. The van der Waals surface area contributed by atoms with Gasteiger partial charge in [-0.2, -0.15) is 0 Å². The van der Waals surface area contributed by atoms with E-state index < -0.39 is 0 Å². The van der Waals surface area contributed by atoms with E-state index in [0.717, 1.165) is 23.2 Å². The monoisotopic (exact) mass is 306 g/mol. The standard InChI is InChI=1S/C10H15IN2O/c1-2-13-6-5-12-10(13)9-4-3-8(7-11)14-9/h5-6,8-9H,2-4,7H2,1H3. The molecule has 0 radical (unpaired) electrons. The van der Waals surface area contributed by atoms with Crippen LogP contribution in [0.1, 0.15) is 31.7 Å². The van der Waals surface area contributed by atoms with Gasteiger partial charge in [-0.05, 0) is 19.8 Å². The lowest BCUT2D eigenvalue weighted by atomic mass is 10.2. The summed E-state index contributed by atoms with van der Waals surface area (Å²) in [5.74, 6) is 1.10. The first kappa shape index (κ1) is 10.4. The summed E-state index contributed by atoms with van der Waals surface area (Å²) in [7, 11) is 0. The van der Waals surface area contributed by atoms with E-state index in [-0.39, 0.29) is 6.10 Å². The second-order valence-corrected chi connectivity index (χ2v) is 4.43. The average molecular weight is 306 g/mol. The van der Waals surface area contributed by atoms with Crippen molar-refractivity contribution in [3.05, 3.63) is 18.2 Å². The first-order chi connectivity index (χ1) is 6.85. The Hall–Kier alpha value is -0.100. The largest absolute Gasteiger partial charge is 0.366 e. The maximum absolute atomic E-state index is 5.91. The third-order valence-electron chi connectivity index (χ3n) is 2.66. The van der Waals surface area contributed by atoms with E-state index in [1.807, 2.05) is 12.4 Å². The Morgan fingerprint density at radius 3 is 3.14 bits per heavy atom. The van der Waals surface area contributed by atoms with Gasteiger partial charge in [-0.25, -0.2) is 4.98 Å². The topological polar surface area (TPSA) is 27.1 Å². The minimum absolute atomic E-state index is 0.227. The summed E-state index contributed by atoms with van der Waals surface area (Å²) in [6.07, 6.45) is 6.83. The smallest absolute Gasteiger partial charge is 0.137 e. The fourth-order valence-electron chi connectivity index (χ4n) is 1.89. The van der Waals surface area contributed by atoms with Crippen LogP contribution in [0.25, 0.3) is 0 Å². The number of hydrogen-bond acceptors (Lipinski definition) is 2. The van der Waals surface area contributed by atoms with Crippen LogP contribution in [-0.4, -0.2) is 20.1 Å². The second-order valence-electron chi connectivity index (χ2n) is 3.55. The highest BCUT2D eigenvalue weighted by atomic mass is 127. The van der Waals surface area contributed by atoms with Crippen molar-refractivity contribution in [3.8, 4) is 0 Å². The maximum Gasteiger partial charge on any atom is 0.137 e. The molecule has 0 amide bonds. The molecular weight excluding hydrogens is 291 g/mol. The molecule has 0 aromatic carbocycles. The predicted octanol–water partition coefficient (Wildman–Crippen LogP) is 2.56. The van der Waals surface area contributed by atoms with Crippen molar-refractivity contribution in [1.82, 2.24) is 9.55 Å². The van der Waals surface area contributed by atoms with Crippen LogP contribution in [0.2, 0.25) is 0 Å². The first-order valence-electron chi connectivity index (χ1n) is 5.07. The number of imidazole rings is 1. The molecule has 2 rings (SSSR count). The molecule has 0 bridgehead atoms. The molecule has 0 N–H and O–H groups in total. The zero-order valence-corrected chi connectivity index (χ0v) is 10.5. The van der Waals surface area contributed by atoms with E-state index in [1.54, 1.807) is 0 Å². The van der Waals surface area contributed by atoms with E-state index >= 15 is 0 Å². The van der Waals surface area contributed by atoms with Gasteiger partial charge in [0.25, 0.3) is 0 Å². The van der Waals surface area contributed by atoms with E-state index in [0.29, 0.717) is 6.10 Å². The number of hydrogen-bond donors (Lipinski definition) is 0. The van der Waals surface area contributed by atoms with Gasteiger partial charge >= 0.3 is 0 Å². The highest BCUT2D eigenvalue weighted by molar-refractivity contribution is 14.1. The van der Waals surface area contributed by atoms with Gasteiger partial charge < -0.3 is 9.30 Å². The molecule has 2 atom stereocenters. The van der Waals surface area contributed by atoms with E-state index in [4.69, 9.17) is 4.74 Å². The molecule has 14 heavy (non-hydrogen) atoms. The molecule has 1 aromatic rings.